The van der Waals surface area contributed by atoms with Crippen molar-refractivity contribution in [2.75, 3.05) is 0 Å². The zero-order valence-corrected chi connectivity index (χ0v) is 17.2. The highest BCUT2D eigenvalue weighted by atomic mass is 35.5. The van der Waals surface area contributed by atoms with Crippen molar-refractivity contribution < 1.29 is 4.74 Å². The summed E-state index contributed by atoms with van der Waals surface area (Å²) in [6.07, 6.45) is 1.37. The smallest absolute Gasteiger partial charge is 0.323 e. The molecule has 1 aromatic heterocycles. The molecular formula is C17H32ClN5O. The van der Waals surface area contributed by atoms with Crippen LogP contribution in [0, 0.1) is 0 Å². The van der Waals surface area contributed by atoms with Crippen molar-refractivity contribution in [1.29, 1.82) is 0 Å². The van der Waals surface area contributed by atoms with Gasteiger partial charge in [-0.25, -0.2) is 14.8 Å². The second kappa shape index (κ2) is 8.41. The first-order chi connectivity index (χ1) is 11.0. The van der Waals surface area contributed by atoms with Gasteiger partial charge >= 0.3 is 6.01 Å². The van der Waals surface area contributed by atoms with Crippen LogP contribution >= 0.6 is 11.6 Å². The zero-order valence-electron chi connectivity index (χ0n) is 16.4. The normalized spacial score (nSPS) is 13.2. The molecule has 0 spiro atoms. The molecule has 0 unspecified atom stereocenters. The molecule has 0 bridgehead atoms. The molecule has 138 valence electrons. The number of rotatable bonds is 8. The summed E-state index contributed by atoms with van der Waals surface area (Å²) in [6, 6.07) is 1.31. The lowest BCUT2D eigenvalue weighted by Crippen LogP contribution is -2.69. The minimum atomic E-state index is -0.727. The molecule has 0 aliphatic carbocycles. The molecule has 0 saturated heterocycles. The van der Waals surface area contributed by atoms with E-state index in [1.807, 2.05) is 0 Å². The van der Waals surface area contributed by atoms with Crippen LogP contribution in [0.2, 0.25) is 5.28 Å². The third-order valence-corrected chi connectivity index (χ3v) is 4.17. The lowest BCUT2D eigenvalue weighted by Gasteiger charge is -2.53. The van der Waals surface area contributed by atoms with E-state index in [-0.39, 0.29) is 35.5 Å². The van der Waals surface area contributed by atoms with Gasteiger partial charge in [0, 0.05) is 31.1 Å². The average Bonchev–Trinajstić information content (AvgIpc) is 2.35. The predicted molar refractivity (Wildman–Crippen MR) is 98.1 cm³/mol. The Balaban J connectivity index is 3.43. The van der Waals surface area contributed by atoms with Gasteiger partial charge in [0.25, 0.3) is 0 Å². The van der Waals surface area contributed by atoms with Gasteiger partial charge in [-0.1, -0.05) is 0 Å². The zero-order chi connectivity index (χ0) is 18.7. The molecule has 0 aromatic carbocycles. The fraction of sp³-hybridized carbons (Fsp3) is 0.824. The van der Waals surface area contributed by atoms with Crippen molar-refractivity contribution in [3.05, 3.63) is 11.6 Å². The van der Waals surface area contributed by atoms with Crippen LogP contribution in [0.3, 0.4) is 0 Å². The van der Waals surface area contributed by atoms with E-state index in [1.165, 1.54) is 6.33 Å². The quantitative estimate of drug-likeness (QED) is 0.659. The van der Waals surface area contributed by atoms with Crippen molar-refractivity contribution in [3.63, 3.8) is 0 Å². The van der Waals surface area contributed by atoms with Crippen molar-refractivity contribution in [2.45, 2.75) is 92.3 Å². The van der Waals surface area contributed by atoms with Gasteiger partial charge in [-0.2, -0.15) is 9.97 Å². The maximum absolute atomic E-state index is 6.36. The lowest BCUT2D eigenvalue weighted by molar-refractivity contribution is -0.228. The monoisotopic (exact) mass is 357 g/mol. The molecule has 6 nitrogen and oxygen atoms in total. The van der Waals surface area contributed by atoms with Crippen molar-refractivity contribution >= 4 is 11.6 Å². The van der Waals surface area contributed by atoms with Crippen LogP contribution in [0.5, 0.6) is 6.01 Å². The molecule has 0 aliphatic rings. The topological polar surface area (TPSA) is 54.4 Å². The van der Waals surface area contributed by atoms with E-state index in [1.54, 1.807) is 0 Å². The second-order valence-corrected chi connectivity index (χ2v) is 7.60. The minimum Gasteiger partial charge on any atom is -0.428 e. The van der Waals surface area contributed by atoms with E-state index in [4.69, 9.17) is 16.3 Å². The van der Waals surface area contributed by atoms with Gasteiger partial charge in [0.2, 0.25) is 11.1 Å². The number of hydrogen-bond donors (Lipinski definition) is 0. The molecular weight excluding hydrogens is 326 g/mol. The lowest BCUT2D eigenvalue weighted by atomic mass is 10.1. The number of hydrogen-bond acceptors (Lipinski definition) is 6. The fourth-order valence-electron chi connectivity index (χ4n) is 3.83. The van der Waals surface area contributed by atoms with E-state index in [0.29, 0.717) is 0 Å². The Morgan fingerprint density at radius 1 is 0.875 bits per heavy atom. The van der Waals surface area contributed by atoms with Gasteiger partial charge in [-0.05, 0) is 67.0 Å². The van der Waals surface area contributed by atoms with E-state index in [9.17, 15) is 0 Å². The van der Waals surface area contributed by atoms with Crippen LogP contribution in [0.1, 0.15) is 62.3 Å². The van der Waals surface area contributed by atoms with E-state index < -0.39 is 5.85 Å². The molecule has 24 heavy (non-hydrogen) atoms. The maximum atomic E-state index is 6.36. The highest BCUT2D eigenvalue weighted by Crippen LogP contribution is 2.31. The predicted octanol–water partition coefficient (Wildman–Crippen LogP) is 3.82. The molecule has 0 atom stereocenters. The van der Waals surface area contributed by atoms with Crippen LogP contribution in [0.4, 0.5) is 0 Å². The molecule has 1 rings (SSSR count). The van der Waals surface area contributed by atoms with Crippen molar-refractivity contribution in [2.24, 2.45) is 0 Å². The summed E-state index contributed by atoms with van der Waals surface area (Å²) in [5.74, 6) is -0.727. The molecule has 0 amide bonds. The van der Waals surface area contributed by atoms with Crippen LogP contribution in [-0.4, -0.2) is 54.8 Å². The molecule has 1 heterocycles. The Bertz CT molecular complexity index is 485. The number of nitrogens with zero attached hydrogens (tertiary/aromatic N) is 5. The van der Waals surface area contributed by atoms with Gasteiger partial charge in [0.1, 0.15) is 6.33 Å². The summed E-state index contributed by atoms with van der Waals surface area (Å²) < 4.78 is 6.36. The first-order valence-electron chi connectivity index (χ1n) is 8.61. The Morgan fingerprint density at radius 2 is 1.29 bits per heavy atom. The van der Waals surface area contributed by atoms with E-state index in [0.717, 1.165) is 0 Å². The number of halogens is 1. The summed E-state index contributed by atoms with van der Waals surface area (Å²) in [7, 11) is 0. The summed E-state index contributed by atoms with van der Waals surface area (Å²) in [5.41, 5.74) is 0. The molecule has 0 saturated carbocycles. The minimum absolute atomic E-state index is 0.128. The van der Waals surface area contributed by atoms with Crippen molar-refractivity contribution in [3.8, 4) is 6.01 Å². The Labute approximate surface area is 151 Å². The first-order valence-corrected chi connectivity index (χ1v) is 8.98. The van der Waals surface area contributed by atoms with Gasteiger partial charge in [0.05, 0.1) is 0 Å². The van der Waals surface area contributed by atoms with Crippen molar-refractivity contribution in [1.82, 2.24) is 24.8 Å². The Hall–Kier alpha value is -0.980. The number of aromatic nitrogens is 3. The van der Waals surface area contributed by atoms with Crippen LogP contribution in [0.25, 0.3) is 0 Å². The molecule has 7 heteroatoms. The van der Waals surface area contributed by atoms with Crippen LogP contribution in [0.15, 0.2) is 6.33 Å². The molecule has 1 aromatic rings. The van der Waals surface area contributed by atoms with Crippen LogP contribution in [-0.2, 0) is 0 Å². The first kappa shape index (κ1) is 21.1. The second-order valence-electron chi connectivity index (χ2n) is 7.26. The molecule has 0 fully saturated rings. The summed E-state index contributed by atoms with van der Waals surface area (Å²) in [4.78, 5) is 16.8. The molecule has 0 radical (unpaired) electrons. The van der Waals surface area contributed by atoms with Gasteiger partial charge < -0.3 is 4.74 Å². The van der Waals surface area contributed by atoms with Gasteiger partial charge in [-0.15, -0.1) is 0 Å². The Kier molecular flexibility index (Phi) is 7.38. The largest absolute Gasteiger partial charge is 0.428 e. The maximum Gasteiger partial charge on any atom is 0.323 e. The summed E-state index contributed by atoms with van der Waals surface area (Å²) >= 11 is 5.91. The van der Waals surface area contributed by atoms with Gasteiger partial charge in [-0.3, -0.25) is 0 Å². The molecule has 0 aliphatic heterocycles. The highest BCUT2D eigenvalue weighted by Gasteiger charge is 2.46. The van der Waals surface area contributed by atoms with E-state index in [2.05, 4.69) is 87.1 Å². The highest BCUT2D eigenvalue weighted by molar-refractivity contribution is 6.28. The Morgan fingerprint density at radius 3 is 1.62 bits per heavy atom. The van der Waals surface area contributed by atoms with Gasteiger partial charge in [0.15, 0.2) is 0 Å². The third kappa shape index (κ3) is 4.77. The van der Waals surface area contributed by atoms with Crippen LogP contribution < -0.4 is 4.74 Å². The third-order valence-electron chi connectivity index (χ3n) is 3.99. The standard InChI is InChI=1S/C17H32ClN5O/c1-11(2)22(12(3)4)17(9,23(13(5)6)14(7)8)24-16-20-10-19-15(18)21-16/h10-14H,1-9H3. The fourth-order valence-corrected chi connectivity index (χ4v) is 3.95. The number of ether oxygens (including phenoxy) is 1. The average molecular weight is 358 g/mol. The SMILES string of the molecule is CC(C)N(C(C)C)C(C)(Oc1ncnc(Cl)n1)N(C(C)C)C(C)C. The summed E-state index contributed by atoms with van der Waals surface area (Å²) in [5, 5.41) is 0.128. The summed E-state index contributed by atoms with van der Waals surface area (Å²) in [6.45, 7) is 19.4. The molecule has 0 N–H and O–H groups in total. The van der Waals surface area contributed by atoms with E-state index >= 15 is 0 Å².